The number of amides is 1. The van der Waals surface area contributed by atoms with E-state index < -0.39 is 0 Å². The number of aryl methyl sites for hydroxylation is 3. The standard InChI is InChI=1S/C26H29N5O/c1-4-31-16-22(18(3)29-31)26(32)30-12-6-8-20(15-30)25-24(19-7-5-11-27-14-19)21-13-17(2)9-10-23(21)28-25/h5,7,9-11,13-14,16,20,28H,4,6,8,12,15H2,1-3H3. The van der Waals surface area contributed by atoms with Crippen LogP contribution < -0.4 is 0 Å². The maximum absolute atomic E-state index is 13.4. The minimum Gasteiger partial charge on any atom is -0.358 e. The van der Waals surface area contributed by atoms with Gasteiger partial charge in [-0.3, -0.25) is 14.5 Å². The molecule has 0 bridgehead atoms. The van der Waals surface area contributed by atoms with Crippen LogP contribution in [0.25, 0.3) is 22.0 Å². The van der Waals surface area contributed by atoms with Gasteiger partial charge in [-0.15, -0.1) is 0 Å². The Hall–Kier alpha value is -3.41. The first-order valence-corrected chi connectivity index (χ1v) is 11.4. The lowest BCUT2D eigenvalue weighted by molar-refractivity contribution is 0.0705. The van der Waals surface area contributed by atoms with E-state index in [9.17, 15) is 4.79 Å². The maximum atomic E-state index is 13.4. The van der Waals surface area contributed by atoms with Crippen LogP contribution in [-0.4, -0.2) is 43.6 Å². The molecule has 6 heteroatoms. The Balaban J connectivity index is 1.52. The Morgan fingerprint density at radius 3 is 2.88 bits per heavy atom. The van der Waals surface area contributed by atoms with Gasteiger partial charge in [0.1, 0.15) is 0 Å². The fraction of sp³-hybridized carbons (Fsp3) is 0.346. The second-order valence-corrected chi connectivity index (χ2v) is 8.78. The summed E-state index contributed by atoms with van der Waals surface area (Å²) in [6, 6.07) is 10.6. The summed E-state index contributed by atoms with van der Waals surface area (Å²) in [5.41, 5.74) is 7.42. The SMILES string of the molecule is CCn1cc(C(=O)N2CCCC(c3[nH]c4ccc(C)cc4c3-c3cccnc3)C2)c(C)n1. The predicted molar refractivity (Wildman–Crippen MR) is 127 cm³/mol. The monoisotopic (exact) mass is 427 g/mol. The maximum Gasteiger partial charge on any atom is 0.257 e. The van der Waals surface area contributed by atoms with Gasteiger partial charge in [0, 0.05) is 71.9 Å². The number of hydrogen-bond acceptors (Lipinski definition) is 3. The number of carbonyl (C=O) groups is 1. The Morgan fingerprint density at radius 1 is 1.25 bits per heavy atom. The first kappa shape index (κ1) is 20.5. The number of carbonyl (C=O) groups excluding carboxylic acids is 1. The number of nitrogens with one attached hydrogen (secondary N) is 1. The Bertz CT molecular complexity index is 1270. The number of hydrogen-bond donors (Lipinski definition) is 1. The van der Waals surface area contributed by atoms with Crippen LogP contribution in [0.5, 0.6) is 0 Å². The fourth-order valence-electron chi connectivity index (χ4n) is 4.91. The largest absolute Gasteiger partial charge is 0.358 e. The zero-order valence-electron chi connectivity index (χ0n) is 18.9. The second-order valence-electron chi connectivity index (χ2n) is 8.78. The number of benzene rings is 1. The molecule has 1 aliphatic heterocycles. The molecule has 1 amide bonds. The molecule has 0 radical (unpaired) electrons. The molecule has 3 aromatic heterocycles. The topological polar surface area (TPSA) is 66.8 Å². The van der Waals surface area contributed by atoms with Gasteiger partial charge in [0.25, 0.3) is 5.91 Å². The number of piperidine rings is 1. The molecule has 164 valence electrons. The molecule has 1 aromatic carbocycles. The van der Waals surface area contributed by atoms with E-state index in [0.717, 1.165) is 42.7 Å². The first-order valence-electron chi connectivity index (χ1n) is 11.4. The van der Waals surface area contributed by atoms with Crippen molar-refractivity contribution < 1.29 is 4.79 Å². The van der Waals surface area contributed by atoms with Crippen LogP contribution in [0.1, 0.15) is 53.0 Å². The Labute approximate surface area is 188 Å². The Kier molecular flexibility index (Phi) is 5.29. The quantitative estimate of drug-likeness (QED) is 0.494. The van der Waals surface area contributed by atoms with Crippen LogP contribution in [0.2, 0.25) is 0 Å². The predicted octanol–water partition coefficient (Wildman–Crippen LogP) is 5.08. The van der Waals surface area contributed by atoms with Crippen molar-refractivity contribution in [3.63, 3.8) is 0 Å². The first-order chi connectivity index (χ1) is 15.5. The summed E-state index contributed by atoms with van der Waals surface area (Å²) in [5.74, 6) is 0.332. The van der Waals surface area contributed by atoms with Crippen LogP contribution in [0.4, 0.5) is 0 Å². The molecule has 1 N–H and O–H groups in total. The van der Waals surface area contributed by atoms with E-state index in [4.69, 9.17) is 0 Å². The lowest BCUT2D eigenvalue weighted by Crippen LogP contribution is -2.39. The van der Waals surface area contributed by atoms with Gasteiger partial charge in [-0.2, -0.15) is 5.10 Å². The number of rotatable bonds is 4. The third-order valence-corrected chi connectivity index (χ3v) is 6.55. The number of likely N-dealkylation sites (tertiary alicyclic amines) is 1. The van der Waals surface area contributed by atoms with E-state index in [0.29, 0.717) is 12.1 Å². The molecule has 5 rings (SSSR count). The molecule has 0 spiro atoms. The minimum absolute atomic E-state index is 0.0850. The number of nitrogens with zero attached hydrogens (tertiary/aromatic N) is 4. The van der Waals surface area contributed by atoms with Gasteiger partial charge >= 0.3 is 0 Å². The molecule has 4 aromatic rings. The average Bonchev–Trinajstić information content (AvgIpc) is 3.39. The van der Waals surface area contributed by atoms with Crippen molar-refractivity contribution in [3.8, 4) is 11.1 Å². The van der Waals surface area contributed by atoms with Gasteiger partial charge in [0.05, 0.1) is 11.3 Å². The number of fused-ring (bicyclic) bond motifs is 1. The van der Waals surface area contributed by atoms with Gasteiger partial charge in [-0.1, -0.05) is 17.7 Å². The number of pyridine rings is 1. The summed E-state index contributed by atoms with van der Waals surface area (Å²) in [6.45, 7) is 8.33. The van der Waals surface area contributed by atoms with Gasteiger partial charge < -0.3 is 9.88 Å². The number of aromatic nitrogens is 4. The van der Waals surface area contributed by atoms with E-state index in [-0.39, 0.29) is 11.8 Å². The second kappa shape index (κ2) is 8.26. The highest BCUT2D eigenvalue weighted by atomic mass is 16.2. The lowest BCUT2D eigenvalue weighted by atomic mass is 9.89. The number of aromatic amines is 1. The highest BCUT2D eigenvalue weighted by Gasteiger charge is 2.30. The summed E-state index contributed by atoms with van der Waals surface area (Å²) in [4.78, 5) is 23.4. The van der Waals surface area contributed by atoms with E-state index >= 15 is 0 Å². The van der Waals surface area contributed by atoms with Crippen molar-refractivity contribution in [1.29, 1.82) is 0 Å². The van der Waals surface area contributed by atoms with Crippen molar-refractivity contribution in [2.24, 2.45) is 0 Å². The van der Waals surface area contributed by atoms with Crippen LogP contribution in [-0.2, 0) is 6.54 Å². The molecule has 1 aliphatic rings. The van der Waals surface area contributed by atoms with Crippen molar-refractivity contribution in [3.05, 3.63) is 71.4 Å². The van der Waals surface area contributed by atoms with E-state index in [1.807, 2.05) is 48.1 Å². The Morgan fingerprint density at radius 2 is 2.12 bits per heavy atom. The third-order valence-electron chi connectivity index (χ3n) is 6.55. The average molecular weight is 428 g/mol. The van der Waals surface area contributed by atoms with Crippen molar-refractivity contribution in [2.75, 3.05) is 13.1 Å². The molecule has 1 saturated heterocycles. The highest BCUT2D eigenvalue weighted by Crippen LogP contribution is 2.39. The van der Waals surface area contributed by atoms with Crippen molar-refractivity contribution >= 4 is 16.8 Å². The molecule has 1 fully saturated rings. The molecule has 1 unspecified atom stereocenters. The van der Waals surface area contributed by atoms with Gasteiger partial charge in [0.2, 0.25) is 0 Å². The van der Waals surface area contributed by atoms with Crippen LogP contribution in [0, 0.1) is 13.8 Å². The summed E-state index contributed by atoms with van der Waals surface area (Å²) in [7, 11) is 0. The molecule has 1 atom stereocenters. The highest BCUT2D eigenvalue weighted by molar-refractivity contribution is 5.98. The fourth-order valence-corrected chi connectivity index (χ4v) is 4.91. The minimum atomic E-state index is 0.0850. The summed E-state index contributed by atoms with van der Waals surface area (Å²) < 4.78 is 1.84. The molecular formula is C26H29N5O. The van der Waals surface area contributed by atoms with E-state index in [1.165, 1.54) is 22.2 Å². The van der Waals surface area contributed by atoms with Gasteiger partial charge in [-0.05, 0) is 51.8 Å². The zero-order valence-corrected chi connectivity index (χ0v) is 18.9. The molecule has 32 heavy (non-hydrogen) atoms. The van der Waals surface area contributed by atoms with Gasteiger partial charge in [-0.25, -0.2) is 0 Å². The third kappa shape index (κ3) is 3.60. The molecule has 0 saturated carbocycles. The normalized spacial score (nSPS) is 16.6. The summed E-state index contributed by atoms with van der Waals surface area (Å²) in [5, 5.41) is 5.69. The van der Waals surface area contributed by atoms with Crippen LogP contribution in [0.3, 0.4) is 0 Å². The molecule has 6 nitrogen and oxygen atoms in total. The summed E-state index contributed by atoms with van der Waals surface area (Å²) in [6.07, 6.45) is 7.66. The summed E-state index contributed by atoms with van der Waals surface area (Å²) >= 11 is 0. The van der Waals surface area contributed by atoms with Crippen molar-refractivity contribution in [1.82, 2.24) is 24.6 Å². The smallest absolute Gasteiger partial charge is 0.257 e. The molecular weight excluding hydrogens is 398 g/mol. The lowest BCUT2D eigenvalue weighted by Gasteiger charge is -2.33. The van der Waals surface area contributed by atoms with Crippen LogP contribution in [0.15, 0.2) is 48.9 Å². The molecule has 4 heterocycles. The van der Waals surface area contributed by atoms with Gasteiger partial charge in [0.15, 0.2) is 0 Å². The van der Waals surface area contributed by atoms with Crippen LogP contribution >= 0.6 is 0 Å². The number of H-pyrrole nitrogens is 1. The van der Waals surface area contributed by atoms with Crippen molar-refractivity contribution in [2.45, 2.75) is 46.1 Å². The van der Waals surface area contributed by atoms with E-state index in [1.54, 1.807) is 0 Å². The molecule has 0 aliphatic carbocycles. The van der Waals surface area contributed by atoms with E-state index in [2.05, 4.69) is 46.3 Å². The zero-order chi connectivity index (χ0) is 22.2.